The molecule has 0 aromatic carbocycles. The fraction of sp³-hybridized carbons (Fsp3) is 0.588. The second-order valence-corrected chi connectivity index (χ2v) is 4.92. The Hall–Kier alpha value is -0.467. The van der Waals surface area contributed by atoms with Gasteiger partial charge in [0.2, 0.25) is 0 Å². The van der Waals surface area contributed by atoms with Gasteiger partial charge in [0, 0.05) is 38.9 Å². The van der Waals surface area contributed by atoms with Gasteiger partial charge in [0.05, 0.1) is 0 Å². The molecule has 2 N–H and O–H groups in total. The summed E-state index contributed by atoms with van der Waals surface area (Å²) in [5.74, 6) is -0.981. The molecule has 0 heterocycles. The average Bonchev–Trinajstić information content (AvgIpc) is 2.46. The van der Waals surface area contributed by atoms with Crippen molar-refractivity contribution in [2.75, 3.05) is 6.61 Å². The van der Waals surface area contributed by atoms with Gasteiger partial charge in [-0.25, -0.2) is 4.79 Å². The van der Waals surface area contributed by atoms with Crippen molar-refractivity contribution in [3.8, 4) is 0 Å². The molecule has 0 atom stereocenters. The molecule has 0 radical (unpaired) electrons. The van der Waals surface area contributed by atoms with Gasteiger partial charge in [-0.1, -0.05) is 25.7 Å². The van der Waals surface area contributed by atoms with Crippen LogP contribution in [0.15, 0.2) is 38.0 Å². The van der Waals surface area contributed by atoms with E-state index < -0.39 is 5.97 Å². The molecule has 0 saturated heterocycles. The van der Waals surface area contributed by atoms with Gasteiger partial charge in [-0.15, -0.1) is 13.2 Å². The van der Waals surface area contributed by atoms with E-state index in [0.717, 1.165) is 51.0 Å². The van der Waals surface area contributed by atoms with Crippen molar-refractivity contribution >= 4 is 5.97 Å². The van der Waals surface area contributed by atoms with E-state index in [9.17, 15) is 9.90 Å². The fourth-order valence-corrected chi connectivity index (χ4v) is 1.99. The minimum absolute atomic E-state index is 0. The van der Waals surface area contributed by atoms with Crippen LogP contribution >= 0.6 is 0 Å². The Morgan fingerprint density at radius 1 is 1.10 bits per heavy atom. The van der Waals surface area contributed by atoms with Crippen LogP contribution in [0.4, 0.5) is 0 Å². The number of carbonyl (C=O) groups is 1. The Balaban J connectivity index is -0.000000465. The van der Waals surface area contributed by atoms with E-state index in [1.165, 1.54) is 0 Å². The van der Waals surface area contributed by atoms with E-state index in [-0.39, 0.29) is 31.6 Å². The maximum absolute atomic E-state index is 9.52. The first-order valence-electron chi connectivity index (χ1n) is 7.20. The van der Waals surface area contributed by atoms with Gasteiger partial charge < -0.3 is 10.2 Å². The molecule has 21 heavy (non-hydrogen) atoms. The van der Waals surface area contributed by atoms with Crippen molar-refractivity contribution in [1.82, 2.24) is 0 Å². The predicted molar refractivity (Wildman–Crippen MR) is 85.7 cm³/mol. The molecule has 4 heteroatoms. The van der Waals surface area contributed by atoms with Crippen LogP contribution in [0.25, 0.3) is 0 Å². The molecule has 0 amide bonds. The Bertz CT molecular complexity index is 268. The summed E-state index contributed by atoms with van der Waals surface area (Å²) in [6.45, 7) is 12.9. The standard InChI is InChI=1S/C14H26O.C3H4O2.Zr/c1-4-7-9-11-14(6-3,13-15)12-10-8-5-2;1-2-3(4)5;/h4-5,15H,1-2,6-13H2,3H3;2H,1H2,(H,4,5);. The van der Waals surface area contributed by atoms with Crippen molar-refractivity contribution in [2.45, 2.75) is 51.9 Å². The van der Waals surface area contributed by atoms with Crippen LogP contribution in [0.1, 0.15) is 51.9 Å². The molecule has 0 bridgehead atoms. The molecule has 3 nitrogen and oxygen atoms in total. The zero-order valence-corrected chi connectivity index (χ0v) is 15.8. The first-order chi connectivity index (χ1) is 9.51. The van der Waals surface area contributed by atoms with Gasteiger partial charge in [0.1, 0.15) is 0 Å². The van der Waals surface area contributed by atoms with Gasteiger partial charge >= 0.3 is 5.97 Å². The Morgan fingerprint density at radius 2 is 1.48 bits per heavy atom. The molecular formula is C17H30O3Zr. The van der Waals surface area contributed by atoms with E-state index in [2.05, 4.69) is 26.7 Å². The molecule has 0 aliphatic carbocycles. The summed E-state index contributed by atoms with van der Waals surface area (Å²) in [6.07, 6.45) is 12.5. The van der Waals surface area contributed by atoms with Gasteiger partial charge in [0.15, 0.2) is 0 Å². The van der Waals surface area contributed by atoms with E-state index >= 15 is 0 Å². The normalized spacial score (nSPS) is 9.62. The summed E-state index contributed by atoms with van der Waals surface area (Å²) in [5, 5.41) is 17.1. The summed E-state index contributed by atoms with van der Waals surface area (Å²) in [7, 11) is 0. The number of carboxylic acids is 1. The maximum Gasteiger partial charge on any atom is 0.327 e. The molecule has 0 fully saturated rings. The summed E-state index contributed by atoms with van der Waals surface area (Å²) >= 11 is 0. The van der Waals surface area contributed by atoms with Gasteiger partial charge in [0.25, 0.3) is 0 Å². The molecule has 0 spiro atoms. The predicted octanol–water partition coefficient (Wildman–Crippen LogP) is 4.34. The number of allylic oxidation sites excluding steroid dienone is 2. The van der Waals surface area contributed by atoms with E-state index in [4.69, 9.17) is 5.11 Å². The number of aliphatic hydroxyl groups is 1. The number of aliphatic hydroxyl groups excluding tert-OH is 1. The zero-order valence-electron chi connectivity index (χ0n) is 13.3. The zero-order chi connectivity index (χ0) is 15.9. The number of hydrogen-bond acceptors (Lipinski definition) is 2. The van der Waals surface area contributed by atoms with Crippen molar-refractivity contribution < 1.29 is 41.2 Å². The molecule has 0 aliphatic rings. The van der Waals surface area contributed by atoms with E-state index in [1.54, 1.807) is 0 Å². The van der Waals surface area contributed by atoms with Crippen LogP contribution in [0.5, 0.6) is 0 Å². The second kappa shape index (κ2) is 17.6. The summed E-state index contributed by atoms with van der Waals surface area (Å²) in [5.41, 5.74) is 0.145. The van der Waals surface area contributed by atoms with Gasteiger partial charge in [-0.05, 0) is 50.4 Å². The number of unbranched alkanes of at least 4 members (excludes halogenated alkanes) is 2. The Labute approximate surface area is 149 Å². The van der Waals surface area contributed by atoms with Crippen molar-refractivity contribution in [1.29, 1.82) is 0 Å². The van der Waals surface area contributed by atoms with E-state index in [1.807, 2.05) is 12.2 Å². The number of aliphatic carboxylic acids is 1. The molecule has 0 saturated carbocycles. The Kier molecular flexibility index (Phi) is 21.3. The monoisotopic (exact) mass is 372 g/mol. The maximum atomic E-state index is 9.52. The minimum atomic E-state index is -0.981. The SMILES string of the molecule is C=CC(=O)O.C=CCCCC(CC)(CO)CCCC=C.[Zr]. The third kappa shape index (κ3) is 15.7. The molecule has 0 rings (SSSR count). The average molecular weight is 374 g/mol. The van der Waals surface area contributed by atoms with Crippen LogP contribution in [-0.4, -0.2) is 22.8 Å². The van der Waals surface area contributed by atoms with Crippen LogP contribution in [-0.2, 0) is 31.0 Å². The molecule has 0 aromatic heterocycles. The number of rotatable bonds is 11. The second-order valence-electron chi connectivity index (χ2n) is 4.92. The molecular weight excluding hydrogens is 343 g/mol. The van der Waals surface area contributed by atoms with Crippen LogP contribution in [0.2, 0.25) is 0 Å². The smallest absolute Gasteiger partial charge is 0.327 e. The van der Waals surface area contributed by atoms with Crippen molar-refractivity contribution in [3.05, 3.63) is 38.0 Å². The first kappa shape index (κ1) is 25.5. The van der Waals surface area contributed by atoms with E-state index in [0.29, 0.717) is 6.61 Å². The van der Waals surface area contributed by atoms with Crippen molar-refractivity contribution in [3.63, 3.8) is 0 Å². The molecule has 0 unspecified atom stereocenters. The summed E-state index contributed by atoms with van der Waals surface area (Å²) in [6, 6.07) is 0. The fourth-order valence-electron chi connectivity index (χ4n) is 1.99. The molecule has 0 aromatic rings. The third-order valence-corrected chi connectivity index (χ3v) is 3.49. The number of carboxylic acid groups (broad SMARTS) is 1. The van der Waals surface area contributed by atoms with Crippen LogP contribution < -0.4 is 0 Å². The van der Waals surface area contributed by atoms with Gasteiger partial charge in [-0.2, -0.15) is 0 Å². The Morgan fingerprint density at radius 3 is 1.67 bits per heavy atom. The molecule has 120 valence electrons. The van der Waals surface area contributed by atoms with Crippen LogP contribution in [0, 0.1) is 5.41 Å². The molecule has 0 aliphatic heterocycles. The third-order valence-electron chi connectivity index (χ3n) is 3.49. The topological polar surface area (TPSA) is 57.5 Å². The quantitative estimate of drug-likeness (QED) is 0.322. The number of hydrogen-bond donors (Lipinski definition) is 2. The first-order valence-corrected chi connectivity index (χ1v) is 7.20. The van der Waals surface area contributed by atoms with Crippen molar-refractivity contribution in [2.24, 2.45) is 5.41 Å². The van der Waals surface area contributed by atoms with Gasteiger partial charge in [-0.3, -0.25) is 0 Å². The minimum Gasteiger partial charge on any atom is -0.478 e. The summed E-state index contributed by atoms with van der Waals surface area (Å²) < 4.78 is 0. The summed E-state index contributed by atoms with van der Waals surface area (Å²) in [4.78, 5) is 9.25. The largest absolute Gasteiger partial charge is 0.478 e. The van der Waals surface area contributed by atoms with Crippen LogP contribution in [0.3, 0.4) is 0 Å².